The van der Waals surface area contributed by atoms with E-state index < -0.39 is 34.7 Å². The van der Waals surface area contributed by atoms with Gasteiger partial charge in [0.15, 0.2) is 0 Å². The summed E-state index contributed by atoms with van der Waals surface area (Å²) in [5.74, 6) is 1.25. The van der Waals surface area contributed by atoms with Crippen LogP contribution in [-0.2, 0) is 5.41 Å². The Bertz CT molecular complexity index is 2040. The van der Waals surface area contributed by atoms with Gasteiger partial charge in [0.05, 0.1) is 0 Å². The monoisotopic (exact) mass is 776 g/mol. The van der Waals surface area contributed by atoms with Gasteiger partial charge in [-0.2, -0.15) is 26.3 Å². The molecule has 0 radical (unpaired) electrons. The van der Waals surface area contributed by atoms with Crippen LogP contribution in [0.5, 0.6) is 34.5 Å². The summed E-state index contributed by atoms with van der Waals surface area (Å²) in [6.45, 7) is 3.67. The third-order valence-corrected chi connectivity index (χ3v) is 8.10. The SMILES string of the molecule is CC(C)(Oc1cccc(N)c1)Oc1cccc(N)c1.Nc1ccc(Oc2ccc(C(c3ccc(Oc4ccc(N)cc4)cc3)(C(F)(F)F)C(F)(F)F)cc2)cc1. The molecule has 6 rings (SSSR count). The van der Waals surface area contributed by atoms with E-state index in [2.05, 4.69) is 0 Å². The van der Waals surface area contributed by atoms with E-state index in [-0.39, 0.29) is 11.5 Å². The van der Waals surface area contributed by atoms with Crippen LogP contribution >= 0.6 is 0 Å². The molecule has 14 heteroatoms. The van der Waals surface area contributed by atoms with E-state index in [1.807, 2.05) is 38.1 Å². The number of alkyl halides is 6. The quantitative estimate of drug-likeness (QED) is 0.0612. The van der Waals surface area contributed by atoms with Crippen molar-refractivity contribution in [2.24, 2.45) is 0 Å². The minimum absolute atomic E-state index is 0.0546. The minimum atomic E-state index is -5.72. The Hall–Kier alpha value is -6.70. The third-order valence-electron chi connectivity index (χ3n) is 8.10. The number of benzene rings is 6. The molecule has 0 atom stereocenters. The van der Waals surface area contributed by atoms with Crippen molar-refractivity contribution in [3.8, 4) is 34.5 Å². The molecule has 0 heterocycles. The molecule has 0 saturated carbocycles. The van der Waals surface area contributed by atoms with Crippen molar-refractivity contribution < 1.29 is 45.3 Å². The maximum Gasteiger partial charge on any atom is 0.411 e. The molecule has 0 fully saturated rings. The zero-order chi connectivity index (χ0) is 40.7. The van der Waals surface area contributed by atoms with Gasteiger partial charge < -0.3 is 41.9 Å². The highest BCUT2D eigenvalue weighted by Crippen LogP contribution is 2.56. The van der Waals surface area contributed by atoms with E-state index in [1.165, 1.54) is 24.3 Å². The Kier molecular flexibility index (Phi) is 11.8. The topological polar surface area (TPSA) is 141 Å². The first kappa shape index (κ1) is 40.5. The minimum Gasteiger partial charge on any atom is -0.457 e. The molecule has 0 aliphatic heterocycles. The maximum absolute atomic E-state index is 14.4. The number of hydrogen-bond donors (Lipinski definition) is 4. The van der Waals surface area contributed by atoms with E-state index >= 15 is 0 Å². The predicted molar refractivity (Wildman–Crippen MR) is 205 cm³/mol. The van der Waals surface area contributed by atoms with Crippen LogP contribution in [0.2, 0.25) is 0 Å². The van der Waals surface area contributed by atoms with Crippen molar-refractivity contribution in [3.05, 3.63) is 157 Å². The van der Waals surface area contributed by atoms with Gasteiger partial charge in [-0.05, 0) is 108 Å². The van der Waals surface area contributed by atoms with Gasteiger partial charge in [-0.3, -0.25) is 0 Å². The standard InChI is InChI=1S/C27H20F6N2O2.C15H18N2O2/c28-26(29,30)25(27(31,32)33,17-1-9-21(10-2-17)36-23-13-5-19(34)6-14-23)18-3-11-22(12-4-18)37-24-15-7-20(35)8-16-24;1-15(2,18-13-7-3-5-11(16)9-13)19-14-8-4-6-12(17)10-14/h1-16H,34-35H2;3-10H,16-17H2,1-2H3. The average Bonchev–Trinajstić information content (AvgIpc) is 3.11. The molecule has 6 aromatic carbocycles. The number of nitrogens with two attached hydrogens (primary N) is 4. The Morgan fingerprint density at radius 2 is 0.679 bits per heavy atom. The first-order chi connectivity index (χ1) is 26.3. The smallest absolute Gasteiger partial charge is 0.411 e. The number of hydrogen-bond acceptors (Lipinski definition) is 8. The molecule has 0 spiro atoms. The van der Waals surface area contributed by atoms with Crippen LogP contribution in [0.15, 0.2) is 146 Å². The molecule has 6 aromatic rings. The lowest BCUT2D eigenvalue weighted by Crippen LogP contribution is -2.54. The second kappa shape index (κ2) is 16.3. The van der Waals surface area contributed by atoms with Crippen LogP contribution in [-0.4, -0.2) is 18.1 Å². The molecule has 0 aromatic heterocycles. The van der Waals surface area contributed by atoms with Crippen molar-refractivity contribution >= 4 is 22.7 Å². The molecule has 292 valence electrons. The van der Waals surface area contributed by atoms with E-state index in [0.29, 0.717) is 45.7 Å². The lowest BCUT2D eigenvalue weighted by Gasteiger charge is -2.38. The van der Waals surface area contributed by atoms with Crippen LogP contribution in [0.4, 0.5) is 49.1 Å². The molecule has 0 aliphatic rings. The lowest BCUT2D eigenvalue weighted by molar-refractivity contribution is -0.288. The summed E-state index contributed by atoms with van der Waals surface area (Å²) in [4.78, 5) is 0. The Morgan fingerprint density at radius 3 is 0.964 bits per heavy atom. The fraction of sp³-hybridized carbons (Fsp3) is 0.143. The summed E-state index contributed by atoms with van der Waals surface area (Å²) >= 11 is 0. The summed E-state index contributed by atoms with van der Waals surface area (Å²) in [5, 5.41) is 0. The molecule has 0 saturated heterocycles. The van der Waals surface area contributed by atoms with E-state index in [0.717, 1.165) is 48.5 Å². The van der Waals surface area contributed by atoms with Crippen molar-refractivity contribution in [1.29, 1.82) is 0 Å². The summed E-state index contributed by atoms with van der Waals surface area (Å²) in [5.41, 5.74) is 18.5. The molecule has 8 N–H and O–H groups in total. The maximum atomic E-state index is 14.4. The summed E-state index contributed by atoms with van der Waals surface area (Å²) in [7, 11) is 0. The van der Waals surface area contributed by atoms with E-state index in [1.54, 1.807) is 48.5 Å². The van der Waals surface area contributed by atoms with Gasteiger partial charge in [0.25, 0.3) is 0 Å². The predicted octanol–water partition coefficient (Wildman–Crippen LogP) is 10.9. The van der Waals surface area contributed by atoms with Gasteiger partial charge in [-0.1, -0.05) is 36.4 Å². The summed E-state index contributed by atoms with van der Waals surface area (Å²) in [6, 6.07) is 33.9. The largest absolute Gasteiger partial charge is 0.457 e. The molecular formula is C42H38F6N4O4. The first-order valence-electron chi connectivity index (χ1n) is 16.8. The van der Waals surface area contributed by atoms with Gasteiger partial charge in [-0.15, -0.1) is 0 Å². The lowest BCUT2D eigenvalue weighted by atomic mass is 9.73. The van der Waals surface area contributed by atoms with Crippen molar-refractivity contribution in [2.45, 2.75) is 37.4 Å². The number of halogens is 6. The normalized spacial score (nSPS) is 11.9. The van der Waals surface area contributed by atoms with Crippen molar-refractivity contribution in [2.75, 3.05) is 22.9 Å². The van der Waals surface area contributed by atoms with Crippen LogP contribution in [0, 0.1) is 0 Å². The highest BCUT2D eigenvalue weighted by molar-refractivity contribution is 5.50. The summed E-state index contributed by atoms with van der Waals surface area (Å²) < 4.78 is 109. The zero-order valence-electron chi connectivity index (χ0n) is 30.1. The van der Waals surface area contributed by atoms with Gasteiger partial charge in [0.1, 0.15) is 34.5 Å². The Balaban J connectivity index is 0.000000265. The van der Waals surface area contributed by atoms with Crippen molar-refractivity contribution in [1.82, 2.24) is 0 Å². The highest BCUT2D eigenvalue weighted by Gasteiger charge is 2.72. The van der Waals surface area contributed by atoms with Crippen LogP contribution < -0.4 is 41.9 Å². The van der Waals surface area contributed by atoms with Gasteiger partial charge in [0, 0.05) is 48.7 Å². The van der Waals surface area contributed by atoms with Gasteiger partial charge >= 0.3 is 12.4 Å². The van der Waals surface area contributed by atoms with E-state index in [9.17, 15) is 26.3 Å². The van der Waals surface area contributed by atoms with E-state index in [4.69, 9.17) is 41.9 Å². The van der Waals surface area contributed by atoms with Gasteiger partial charge in [0.2, 0.25) is 11.2 Å². The molecule has 8 nitrogen and oxygen atoms in total. The van der Waals surface area contributed by atoms with Crippen LogP contribution in [0.25, 0.3) is 0 Å². The second-order valence-corrected chi connectivity index (χ2v) is 12.9. The molecule has 0 unspecified atom stereocenters. The van der Waals surface area contributed by atoms with Gasteiger partial charge in [-0.25, -0.2) is 0 Å². The molecular weight excluding hydrogens is 738 g/mol. The molecule has 0 bridgehead atoms. The molecule has 0 amide bonds. The van der Waals surface area contributed by atoms with Crippen LogP contribution in [0.1, 0.15) is 25.0 Å². The first-order valence-corrected chi connectivity index (χ1v) is 16.8. The number of anilines is 4. The van der Waals surface area contributed by atoms with Crippen LogP contribution in [0.3, 0.4) is 0 Å². The Labute approximate surface area is 319 Å². The molecule has 56 heavy (non-hydrogen) atoms. The molecule has 0 aliphatic carbocycles. The highest BCUT2D eigenvalue weighted by atomic mass is 19.4. The fourth-order valence-electron chi connectivity index (χ4n) is 5.62. The number of ether oxygens (including phenoxy) is 4. The zero-order valence-corrected chi connectivity index (χ0v) is 30.1. The summed E-state index contributed by atoms with van der Waals surface area (Å²) in [6.07, 6.45) is -11.4. The third kappa shape index (κ3) is 9.88. The van der Waals surface area contributed by atoms with Crippen molar-refractivity contribution in [3.63, 3.8) is 0 Å². The fourth-order valence-corrected chi connectivity index (χ4v) is 5.62. The average molecular weight is 777 g/mol. The Morgan fingerprint density at radius 1 is 0.375 bits per heavy atom. The number of rotatable bonds is 10. The number of nitrogen functional groups attached to an aromatic ring is 4. The second-order valence-electron chi connectivity index (χ2n) is 12.9.